The Morgan fingerprint density at radius 2 is 2.00 bits per heavy atom. The van der Waals surface area contributed by atoms with Crippen molar-refractivity contribution in [1.82, 2.24) is 0 Å². The van der Waals surface area contributed by atoms with E-state index in [2.05, 4.69) is 36.4 Å². The first-order valence-electron chi connectivity index (χ1n) is 2.77. The van der Waals surface area contributed by atoms with E-state index in [0.717, 1.165) is 3.92 Å². The molecule has 0 radical (unpaired) electrons. The summed E-state index contributed by atoms with van der Waals surface area (Å²) in [5, 5.41) is 0. The minimum Gasteiger partial charge on any atom is -0.0820 e. The third kappa shape index (κ3) is 0.929. The molecule has 0 heterocycles. The standard InChI is InChI=1S/C6H11I/c1-6(2)4-3-5(6)7/h5H,3-4H2,1-2H3. The van der Waals surface area contributed by atoms with E-state index in [0.29, 0.717) is 5.41 Å². The van der Waals surface area contributed by atoms with Gasteiger partial charge in [0, 0.05) is 3.92 Å². The fourth-order valence-electron chi connectivity index (χ4n) is 0.831. The van der Waals surface area contributed by atoms with Gasteiger partial charge in [-0.05, 0) is 18.3 Å². The van der Waals surface area contributed by atoms with Gasteiger partial charge in [0.05, 0.1) is 0 Å². The second kappa shape index (κ2) is 1.61. The monoisotopic (exact) mass is 210 g/mol. The molecule has 0 amide bonds. The molecule has 42 valence electrons. The van der Waals surface area contributed by atoms with Crippen molar-refractivity contribution in [3.8, 4) is 0 Å². The van der Waals surface area contributed by atoms with Gasteiger partial charge in [0.25, 0.3) is 0 Å². The van der Waals surface area contributed by atoms with E-state index < -0.39 is 0 Å². The molecule has 0 bridgehead atoms. The zero-order valence-corrected chi connectivity index (χ0v) is 7.03. The van der Waals surface area contributed by atoms with Crippen molar-refractivity contribution in [2.75, 3.05) is 0 Å². The summed E-state index contributed by atoms with van der Waals surface area (Å²) in [7, 11) is 0. The fraction of sp³-hybridized carbons (Fsp3) is 1.00. The van der Waals surface area contributed by atoms with E-state index in [1.165, 1.54) is 12.8 Å². The van der Waals surface area contributed by atoms with Gasteiger partial charge in [0.2, 0.25) is 0 Å². The van der Waals surface area contributed by atoms with Crippen molar-refractivity contribution in [2.45, 2.75) is 30.6 Å². The molecule has 0 spiro atoms. The van der Waals surface area contributed by atoms with Crippen LogP contribution >= 0.6 is 22.6 Å². The van der Waals surface area contributed by atoms with Crippen LogP contribution in [0.3, 0.4) is 0 Å². The Labute approximate surface area is 58.8 Å². The summed E-state index contributed by atoms with van der Waals surface area (Å²) in [6.07, 6.45) is 2.87. The highest BCUT2D eigenvalue weighted by molar-refractivity contribution is 14.1. The maximum absolute atomic E-state index is 2.54. The molecular formula is C6H11I. The Bertz CT molecular complexity index is 76.2. The number of rotatable bonds is 0. The van der Waals surface area contributed by atoms with Gasteiger partial charge in [-0.1, -0.05) is 36.4 Å². The largest absolute Gasteiger partial charge is 0.0820 e. The normalized spacial score (nSPS) is 37.3. The van der Waals surface area contributed by atoms with Crippen LogP contribution in [0.25, 0.3) is 0 Å². The summed E-state index contributed by atoms with van der Waals surface area (Å²) in [5.41, 5.74) is 0.667. The maximum atomic E-state index is 2.54. The van der Waals surface area contributed by atoms with Crippen LogP contribution in [-0.4, -0.2) is 3.92 Å². The van der Waals surface area contributed by atoms with E-state index >= 15 is 0 Å². The smallest absolute Gasteiger partial charge is 0.0161 e. The Balaban J connectivity index is 2.43. The van der Waals surface area contributed by atoms with Gasteiger partial charge in [-0.3, -0.25) is 0 Å². The number of halogens is 1. The lowest BCUT2D eigenvalue weighted by Crippen LogP contribution is -2.34. The predicted molar refractivity (Wildman–Crippen MR) is 40.8 cm³/mol. The molecule has 7 heavy (non-hydrogen) atoms. The van der Waals surface area contributed by atoms with Crippen LogP contribution in [0.4, 0.5) is 0 Å². The second-order valence-corrected chi connectivity index (χ2v) is 4.50. The van der Waals surface area contributed by atoms with Crippen molar-refractivity contribution in [1.29, 1.82) is 0 Å². The second-order valence-electron chi connectivity index (χ2n) is 2.99. The van der Waals surface area contributed by atoms with Gasteiger partial charge in [0.15, 0.2) is 0 Å². The quantitative estimate of drug-likeness (QED) is 0.425. The molecule has 0 nitrogen and oxygen atoms in total. The average Bonchev–Trinajstić information content (AvgIpc) is 1.63. The lowest BCUT2D eigenvalue weighted by atomic mass is 9.72. The summed E-state index contributed by atoms with van der Waals surface area (Å²) in [6, 6.07) is 0. The molecule has 0 aliphatic heterocycles. The van der Waals surface area contributed by atoms with Crippen LogP contribution in [0.5, 0.6) is 0 Å². The van der Waals surface area contributed by atoms with Crippen LogP contribution in [0.15, 0.2) is 0 Å². The van der Waals surface area contributed by atoms with Crippen LogP contribution in [0, 0.1) is 5.41 Å². The molecule has 0 N–H and O–H groups in total. The molecule has 0 aromatic heterocycles. The molecule has 1 heteroatoms. The highest BCUT2D eigenvalue weighted by Gasteiger charge is 2.35. The molecule has 1 aliphatic rings. The molecule has 1 unspecified atom stereocenters. The van der Waals surface area contributed by atoms with Gasteiger partial charge in [0.1, 0.15) is 0 Å². The Morgan fingerprint density at radius 3 is 2.00 bits per heavy atom. The van der Waals surface area contributed by atoms with E-state index in [-0.39, 0.29) is 0 Å². The third-order valence-electron chi connectivity index (χ3n) is 1.89. The predicted octanol–water partition coefficient (Wildman–Crippen LogP) is 2.61. The van der Waals surface area contributed by atoms with Gasteiger partial charge in [-0.15, -0.1) is 0 Å². The van der Waals surface area contributed by atoms with Crippen molar-refractivity contribution in [3.05, 3.63) is 0 Å². The maximum Gasteiger partial charge on any atom is 0.0161 e. The zero-order chi connectivity index (χ0) is 5.49. The summed E-state index contributed by atoms with van der Waals surface area (Å²) in [6.45, 7) is 4.68. The summed E-state index contributed by atoms with van der Waals surface area (Å²) in [4.78, 5) is 0. The summed E-state index contributed by atoms with van der Waals surface area (Å²) >= 11 is 2.54. The highest BCUT2D eigenvalue weighted by Crippen LogP contribution is 2.45. The van der Waals surface area contributed by atoms with E-state index in [4.69, 9.17) is 0 Å². The third-order valence-corrected chi connectivity index (χ3v) is 4.20. The summed E-state index contributed by atoms with van der Waals surface area (Å²) < 4.78 is 0.949. The molecule has 0 saturated heterocycles. The molecule has 1 rings (SSSR count). The molecule has 0 aromatic rings. The van der Waals surface area contributed by atoms with Crippen molar-refractivity contribution in [2.24, 2.45) is 5.41 Å². The van der Waals surface area contributed by atoms with Gasteiger partial charge in [-0.25, -0.2) is 0 Å². The van der Waals surface area contributed by atoms with Crippen molar-refractivity contribution in [3.63, 3.8) is 0 Å². The summed E-state index contributed by atoms with van der Waals surface area (Å²) in [5.74, 6) is 0. The molecule has 1 atom stereocenters. The van der Waals surface area contributed by atoms with Crippen LogP contribution in [-0.2, 0) is 0 Å². The number of alkyl halides is 1. The Hall–Kier alpha value is 0.730. The van der Waals surface area contributed by atoms with Gasteiger partial charge >= 0.3 is 0 Å². The first-order chi connectivity index (χ1) is 3.13. The molecule has 0 aromatic carbocycles. The van der Waals surface area contributed by atoms with Crippen molar-refractivity contribution < 1.29 is 0 Å². The molecule has 1 saturated carbocycles. The SMILES string of the molecule is CC1(C)CCC1I. The van der Waals surface area contributed by atoms with Crippen LogP contribution in [0.2, 0.25) is 0 Å². The Morgan fingerprint density at radius 1 is 1.57 bits per heavy atom. The lowest BCUT2D eigenvalue weighted by molar-refractivity contribution is 0.217. The lowest BCUT2D eigenvalue weighted by Gasteiger charge is -2.40. The Kier molecular flexibility index (Phi) is 1.34. The zero-order valence-electron chi connectivity index (χ0n) is 4.87. The first kappa shape index (κ1) is 5.86. The number of hydrogen-bond acceptors (Lipinski definition) is 0. The fourth-order valence-corrected chi connectivity index (χ4v) is 1.45. The van der Waals surface area contributed by atoms with E-state index in [1.54, 1.807) is 0 Å². The number of hydrogen-bond donors (Lipinski definition) is 0. The molecule has 1 fully saturated rings. The highest BCUT2D eigenvalue weighted by atomic mass is 127. The topological polar surface area (TPSA) is 0 Å². The van der Waals surface area contributed by atoms with Crippen LogP contribution < -0.4 is 0 Å². The first-order valence-corrected chi connectivity index (χ1v) is 4.01. The average molecular weight is 210 g/mol. The molecule has 1 aliphatic carbocycles. The van der Waals surface area contributed by atoms with Gasteiger partial charge < -0.3 is 0 Å². The minimum absolute atomic E-state index is 0.667. The van der Waals surface area contributed by atoms with Crippen molar-refractivity contribution >= 4 is 22.6 Å². The van der Waals surface area contributed by atoms with E-state index in [1.807, 2.05) is 0 Å². The minimum atomic E-state index is 0.667. The van der Waals surface area contributed by atoms with Crippen LogP contribution in [0.1, 0.15) is 26.7 Å². The molecular weight excluding hydrogens is 199 g/mol. The van der Waals surface area contributed by atoms with Gasteiger partial charge in [-0.2, -0.15) is 0 Å². The van der Waals surface area contributed by atoms with E-state index in [9.17, 15) is 0 Å².